The molecule has 0 aromatic carbocycles. The fourth-order valence-corrected chi connectivity index (χ4v) is 5.01. The number of carboxylic acid groups (broad SMARTS) is 1. The fourth-order valence-electron chi connectivity index (χ4n) is 3.87. The van der Waals surface area contributed by atoms with Crippen molar-refractivity contribution in [1.82, 2.24) is 25.3 Å². The van der Waals surface area contributed by atoms with Crippen molar-refractivity contribution in [1.29, 1.82) is 5.26 Å². The third-order valence-electron chi connectivity index (χ3n) is 5.69. The predicted molar refractivity (Wildman–Crippen MR) is 131 cm³/mol. The highest BCUT2D eigenvalue weighted by Crippen LogP contribution is 2.39. The van der Waals surface area contributed by atoms with E-state index in [1.807, 2.05) is 11.0 Å². The summed E-state index contributed by atoms with van der Waals surface area (Å²) in [6.45, 7) is 4.34. The molecule has 1 fully saturated rings. The highest BCUT2D eigenvalue weighted by molar-refractivity contribution is 7.18. The molecule has 0 saturated carbocycles. The van der Waals surface area contributed by atoms with Gasteiger partial charge in [-0.1, -0.05) is 22.9 Å². The van der Waals surface area contributed by atoms with E-state index in [9.17, 15) is 14.9 Å². The van der Waals surface area contributed by atoms with Crippen molar-refractivity contribution >= 4 is 40.1 Å². The number of thiazole rings is 1. The molecule has 4 heterocycles. The van der Waals surface area contributed by atoms with E-state index in [1.54, 1.807) is 20.0 Å². The molecule has 3 aromatic rings. The van der Waals surface area contributed by atoms with Crippen molar-refractivity contribution in [2.45, 2.75) is 32.4 Å². The topological polar surface area (TPSA) is 166 Å². The van der Waals surface area contributed by atoms with Crippen LogP contribution in [0, 0.1) is 25.2 Å². The summed E-state index contributed by atoms with van der Waals surface area (Å²) < 4.78 is 10.6. The molecule has 1 saturated heterocycles. The molecule has 4 rings (SSSR count). The molecule has 0 unspecified atom stereocenters. The standard InChI is InChI=1S/C22H22ClN7O5S/c1-10-7-26-14(8-25-10)18-20(35-22(32)33)36-21(29-18)30-5-4-13(15(9-30)34-3)28-19(31)17-12(6-24)16(23)11(2)27-17/h7-8,13,15,27H,4-5,9H2,1-3H3,(H,28,31)(H,32,33)/t13-,15+/m1/s1. The number of H-pyrrole nitrogens is 1. The van der Waals surface area contributed by atoms with Gasteiger partial charge < -0.3 is 29.8 Å². The van der Waals surface area contributed by atoms with Gasteiger partial charge in [0.1, 0.15) is 28.7 Å². The summed E-state index contributed by atoms with van der Waals surface area (Å²) >= 11 is 7.19. The van der Waals surface area contributed by atoms with Crippen LogP contribution >= 0.6 is 22.9 Å². The summed E-state index contributed by atoms with van der Waals surface area (Å²) in [6, 6.07) is 1.62. The number of carbonyl (C=O) groups is 2. The zero-order valence-electron chi connectivity index (χ0n) is 19.5. The van der Waals surface area contributed by atoms with Crippen LogP contribution in [0.4, 0.5) is 9.93 Å². The number of amides is 1. The number of aromatic nitrogens is 4. The number of nitrogens with zero attached hydrogens (tertiary/aromatic N) is 5. The van der Waals surface area contributed by atoms with Crippen LogP contribution in [0.25, 0.3) is 11.4 Å². The van der Waals surface area contributed by atoms with Gasteiger partial charge in [0.2, 0.25) is 5.06 Å². The Bertz CT molecular complexity index is 1330. The number of aryl methyl sites for hydroxylation is 2. The van der Waals surface area contributed by atoms with Gasteiger partial charge >= 0.3 is 6.16 Å². The second-order valence-corrected chi connectivity index (χ2v) is 9.38. The number of nitriles is 1. The lowest BCUT2D eigenvalue weighted by atomic mass is 10.0. The minimum absolute atomic E-state index is 0.0862. The first-order valence-electron chi connectivity index (χ1n) is 10.8. The molecule has 0 bridgehead atoms. The van der Waals surface area contributed by atoms with Crippen LogP contribution in [0.5, 0.6) is 5.06 Å². The molecule has 14 heteroatoms. The summed E-state index contributed by atoms with van der Waals surface area (Å²) in [6.07, 6.45) is 1.71. The zero-order chi connectivity index (χ0) is 26.0. The van der Waals surface area contributed by atoms with Gasteiger partial charge in [-0.05, 0) is 20.3 Å². The zero-order valence-corrected chi connectivity index (χ0v) is 21.1. The summed E-state index contributed by atoms with van der Waals surface area (Å²) in [5.74, 6) is -0.450. The molecule has 1 amide bonds. The number of hydrogen-bond acceptors (Lipinski definition) is 10. The van der Waals surface area contributed by atoms with Crippen LogP contribution < -0.4 is 15.0 Å². The number of piperidine rings is 1. The third-order valence-corrected chi connectivity index (χ3v) is 7.15. The molecule has 1 aliphatic rings. The maximum absolute atomic E-state index is 12.9. The monoisotopic (exact) mass is 531 g/mol. The first kappa shape index (κ1) is 25.4. The van der Waals surface area contributed by atoms with E-state index in [0.717, 1.165) is 11.3 Å². The Balaban J connectivity index is 1.53. The van der Waals surface area contributed by atoms with E-state index >= 15 is 0 Å². The number of anilines is 1. The van der Waals surface area contributed by atoms with Gasteiger partial charge in [-0.3, -0.25) is 14.8 Å². The van der Waals surface area contributed by atoms with Gasteiger partial charge in [0, 0.05) is 32.1 Å². The van der Waals surface area contributed by atoms with Gasteiger partial charge in [0.25, 0.3) is 5.91 Å². The second kappa shape index (κ2) is 10.5. The van der Waals surface area contributed by atoms with Gasteiger partial charge in [-0.25, -0.2) is 9.78 Å². The number of halogens is 1. The Hall–Kier alpha value is -3.73. The van der Waals surface area contributed by atoms with Crippen LogP contribution in [0.1, 0.15) is 33.9 Å². The van der Waals surface area contributed by atoms with E-state index in [-0.39, 0.29) is 33.1 Å². The molecule has 0 aliphatic carbocycles. The number of hydrogen-bond donors (Lipinski definition) is 3. The Morgan fingerprint density at radius 2 is 2.14 bits per heavy atom. The summed E-state index contributed by atoms with van der Waals surface area (Å²) in [7, 11) is 1.54. The number of rotatable bonds is 6. The SMILES string of the molecule is CO[C@H]1CN(c2nc(-c3cnc(C)cn3)c(OC(=O)O)s2)CC[C@H]1NC(=O)c1[nH]c(C)c(Cl)c1C#N. The molecule has 3 N–H and O–H groups in total. The lowest BCUT2D eigenvalue weighted by Gasteiger charge is -2.37. The maximum Gasteiger partial charge on any atom is 0.512 e. The molecule has 1 aliphatic heterocycles. The molecule has 0 spiro atoms. The van der Waals surface area contributed by atoms with Gasteiger partial charge in [0.05, 0.1) is 29.1 Å². The predicted octanol–water partition coefficient (Wildman–Crippen LogP) is 3.15. The Morgan fingerprint density at radius 3 is 2.78 bits per heavy atom. The maximum atomic E-state index is 12.9. The minimum atomic E-state index is -1.46. The van der Waals surface area contributed by atoms with Gasteiger partial charge in [0.15, 0.2) is 5.13 Å². The first-order chi connectivity index (χ1) is 17.2. The molecule has 3 aromatic heterocycles. The normalized spacial score (nSPS) is 17.5. The Labute approximate surface area is 214 Å². The molecule has 2 atom stereocenters. The van der Waals surface area contributed by atoms with Crippen molar-refractivity contribution in [3.8, 4) is 22.5 Å². The van der Waals surface area contributed by atoms with Crippen molar-refractivity contribution < 1.29 is 24.2 Å². The Kier molecular flexibility index (Phi) is 7.39. The molecule has 36 heavy (non-hydrogen) atoms. The molecular formula is C22H22ClN7O5S. The van der Waals surface area contributed by atoms with Crippen LogP contribution in [0.2, 0.25) is 5.02 Å². The minimum Gasteiger partial charge on any atom is -0.449 e. The van der Waals surface area contributed by atoms with Gasteiger partial charge in [-0.2, -0.15) is 5.26 Å². The fraction of sp³-hybridized carbons (Fsp3) is 0.364. The molecule has 12 nitrogen and oxygen atoms in total. The van der Waals surface area contributed by atoms with E-state index in [1.165, 1.54) is 13.3 Å². The van der Waals surface area contributed by atoms with E-state index < -0.39 is 18.2 Å². The molecule has 0 radical (unpaired) electrons. The first-order valence-corrected chi connectivity index (χ1v) is 12.0. The van der Waals surface area contributed by atoms with Crippen molar-refractivity contribution in [3.05, 3.63) is 40.1 Å². The third kappa shape index (κ3) is 5.11. The lowest BCUT2D eigenvalue weighted by Crippen LogP contribution is -2.55. The number of methoxy groups -OCH3 is 1. The highest BCUT2D eigenvalue weighted by atomic mass is 35.5. The average molecular weight is 532 g/mol. The van der Waals surface area contributed by atoms with Gasteiger partial charge in [-0.15, -0.1) is 0 Å². The van der Waals surface area contributed by atoms with Crippen LogP contribution in [-0.2, 0) is 4.74 Å². The largest absolute Gasteiger partial charge is 0.512 e. The number of ether oxygens (including phenoxy) is 2. The van der Waals surface area contributed by atoms with E-state index in [0.29, 0.717) is 41.7 Å². The smallest absolute Gasteiger partial charge is 0.449 e. The summed E-state index contributed by atoms with van der Waals surface area (Å²) in [5, 5.41) is 22.3. The van der Waals surface area contributed by atoms with Crippen molar-refractivity contribution in [2.75, 3.05) is 25.1 Å². The summed E-state index contributed by atoms with van der Waals surface area (Å²) in [5.41, 5.74) is 2.11. The average Bonchev–Trinajstić information content (AvgIpc) is 3.39. The number of aromatic amines is 1. The van der Waals surface area contributed by atoms with Crippen molar-refractivity contribution in [3.63, 3.8) is 0 Å². The quantitative estimate of drug-likeness (QED) is 0.402. The number of carbonyl (C=O) groups excluding carboxylic acids is 1. The lowest BCUT2D eigenvalue weighted by molar-refractivity contribution is 0.0540. The number of nitrogens with one attached hydrogen (secondary N) is 2. The summed E-state index contributed by atoms with van der Waals surface area (Å²) in [4.78, 5) is 42.0. The van der Waals surface area contributed by atoms with Crippen molar-refractivity contribution in [2.24, 2.45) is 0 Å². The van der Waals surface area contributed by atoms with Crippen LogP contribution in [0.15, 0.2) is 12.4 Å². The molecule has 188 valence electrons. The second-order valence-electron chi connectivity index (χ2n) is 8.06. The van der Waals surface area contributed by atoms with Crippen LogP contribution in [-0.4, -0.2) is 69.5 Å². The Morgan fingerprint density at radius 1 is 1.36 bits per heavy atom. The highest BCUT2D eigenvalue weighted by Gasteiger charge is 2.34. The van der Waals surface area contributed by atoms with Crippen LogP contribution in [0.3, 0.4) is 0 Å². The van der Waals surface area contributed by atoms with E-state index in [4.69, 9.17) is 26.2 Å². The molecular weight excluding hydrogens is 510 g/mol. The van der Waals surface area contributed by atoms with E-state index in [2.05, 4.69) is 25.3 Å².